The van der Waals surface area contributed by atoms with Crippen LogP contribution >= 0.6 is 0 Å². The van der Waals surface area contributed by atoms with Crippen molar-refractivity contribution in [3.05, 3.63) is 12.2 Å². The molecular formula is C75H120F6N12O13. The van der Waals surface area contributed by atoms with Crippen molar-refractivity contribution in [2.45, 2.75) is 262 Å². The van der Waals surface area contributed by atoms with Crippen LogP contribution in [0.4, 0.5) is 26.3 Å². The van der Waals surface area contributed by atoms with Gasteiger partial charge in [-0.2, -0.15) is 13.2 Å². The standard InChI is InChI=1S/C75H120F6N12O13/c1-17-44(7)63-71(103)87(12)42-61(96)88(13)54-25-22-21-23-32-92(70(54)102)58(37-48-27-28-49(76)34-45(48)8)69(101)86(11)41-59(94)82-53(29-26-46-35-51(77)62(52(78)36-46)75(79,80)81)67(99)93-40-50(106-20-4)38-56(93)66(98)84-74(30-24-31-74)73(105)91(16)64(47(18-2)19-3)72(104)90(15)57(68(100)85(9)10)39-60(95)89(14)55(33-43(5)6)65(97)83-63/h21-22,43-58,62-64H,17-20,23-42H2,1-16H3,(H,82,94)(H,83,97)(H,84,98)/b22-21-/t44-,45?,46?,48?,49?,50+,51?,52?,53-,54-,55-,56-,57-,58-,62?,63-,64-/m0/s1. The second kappa shape index (κ2) is 38.3. The highest BCUT2D eigenvalue weighted by molar-refractivity contribution is 6.01. The van der Waals surface area contributed by atoms with Crippen LogP contribution in [0.2, 0.25) is 0 Å². The van der Waals surface area contributed by atoms with Gasteiger partial charge in [0.2, 0.25) is 70.9 Å². The monoisotopic (exact) mass is 1510 g/mol. The Morgan fingerprint density at radius 3 is 1.87 bits per heavy atom. The maximum absolute atomic E-state index is 15.5. The molecule has 2 bridgehead atoms. The first kappa shape index (κ1) is 87.8. The molecule has 0 aromatic carbocycles. The van der Waals surface area contributed by atoms with Gasteiger partial charge >= 0.3 is 6.18 Å². The van der Waals surface area contributed by atoms with Crippen LogP contribution in [-0.2, 0) is 62.3 Å². The Morgan fingerprint density at radius 2 is 1.31 bits per heavy atom. The van der Waals surface area contributed by atoms with E-state index in [2.05, 4.69) is 16.0 Å². The van der Waals surface area contributed by atoms with E-state index in [1.54, 1.807) is 32.9 Å². The summed E-state index contributed by atoms with van der Waals surface area (Å²) in [5.41, 5.74) is -1.68. The summed E-state index contributed by atoms with van der Waals surface area (Å²) >= 11 is 0. The molecule has 0 radical (unpaired) electrons. The summed E-state index contributed by atoms with van der Waals surface area (Å²) in [6, 6.07) is -11.0. The van der Waals surface area contributed by atoms with Crippen LogP contribution in [0, 0.1) is 41.4 Å². The molecule has 106 heavy (non-hydrogen) atoms. The molecule has 1 spiro atoms. The van der Waals surface area contributed by atoms with Crippen molar-refractivity contribution in [1.29, 1.82) is 0 Å². The third kappa shape index (κ3) is 21.2. The van der Waals surface area contributed by atoms with Gasteiger partial charge < -0.3 is 64.8 Å². The van der Waals surface area contributed by atoms with Crippen LogP contribution in [0.25, 0.3) is 0 Å². The molecule has 6 rings (SSSR count). The molecule has 25 nitrogen and oxygen atoms in total. The molecule has 5 unspecified atom stereocenters. The van der Waals surface area contributed by atoms with Crippen LogP contribution in [0.1, 0.15) is 177 Å². The molecule has 5 fully saturated rings. The number of fused-ring (bicyclic) bond motifs is 3. The lowest BCUT2D eigenvalue weighted by molar-refractivity contribution is -0.219. The number of hydrogen-bond donors (Lipinski definition) is 3. The zero-order valence-electron chi connectivity index (χ0n) is 65.2. The molecule has 0 aromatic rings. The zero-order chi connectivity index (χ0) is 79.3. The van der Waals surface area contributed by atoms with E-state index in [9.17, 15) is 41.9 Å². The van der Waals surface area contributed by atoms with Gasteiger partial charge in [-0.1, -0.05) is 79.9 Å². The molecule has 600 valence electrons. The summed E-state index contributed by atoms with van der Waals surface area (Å²) in [5.74, 6) is -14.9. The van der Waals surface area contributed by atoms with E-state index in [1.807, 2.05) is 34.6 Å². The van der Waals surface area contributed by atoms with E-state index >= 15 is 41.9 Å². The van der Waals surface area contributed by atoms with Gasteiger partial charge in [0.05, 0.1) is 25.6 Å². The normalized spacial score (nSPS) is 32.0. The first-order valence-electron chi connectivity index (χ1n) is 38.2. The molecular weight excluding hydrogens is 1390 g/mol. The Hall–Kier alpha value is -7.08. The van der Waals surface area contributed by atoms with Gasteiger partial charge in [0.1, 0.15) is 78.3 Å². The summed E-state index contributed by atoms with van der Waals surface area (Å²) in [4.78, 5) is 192. The molecule has 3 saturated carbocycles. The highest BCUT2D eigenvalue weighted by Gasteiger charge is 2.56. The molecule has 0 aromatic heterocycles. The third-order valence-electron chi connectivity index (χ3n) is 23.5. The van der Waals surface area contributed by atoms with Crippen LogP contribution < -0.4 is 16.0 Å². The van der Waals surface area contributed by atoms with E-state index in [0.717, 1.165) is 19.6 Å². The fraction of sp³-hybridized carbons (Fsp3) is 0.813. The minimum absolute atomic E-state index is 0.00342. The first-order chi connectivity index (χ1) is 49.7. The lowest BCUT2D eigenvalue weighted by atomic mass is 9.74. The highest BCUT2D eigenvalue weighted by atomic mass is 19.4. The Bertz CT molecular complexity index is 3130. The van der Waals surface area contributed by atoms with E-state index in [4.69, 9.17) is 4.74 Å². The number of alkyl halides is 6. The topological polar surface area (TPSA) is 279 Å². The SMILES string of the molecule is CCO[C@@H]1C[C@H]2C(=O)NC3(CCC3)C(=O)N(C)[C@@H](C(CC)CC)C(=O)N(C)[C@H](C(=O)N(C)C)CC(=O)N(C)[C@@H](CC(C)C)C(=O)N[C@@H]([C@@H](C)CC)C(=O)N(C)CC(=O)N(C)[C@H]3C/C=C\CCN(C3=O)[C@@H](CC3CCC(F)CC3C)C(=O)N(C)CC(=O)N[C@@H](CCC3CC(F)C(C(F)(F)F)C(F)C3)C(=O)N2C1. The molecule has 6 aliphatic rings. The average molecular weight is 1510 g/mol. The van der Waals surface area contributed by atoms with Gasteiger partial charge in [0.25, 0.3) is 0 Å². The number of amides is 12. The number of nitrogens with one attached hydrogen (secondary N) is 3. The van der Waals surface area contributed by atoms with E-state index in [0.29, 0.717) is 32.1 Å². The van der Waals surface area contributed by atoms with Crippen LogP contribution in [0.5, 0.6) is 0 Å². The Labute approximate surface area is 622 Å². The maximum atomic E-state index is 15.5. The van der Waals surface area contributed by atoms with E-state index < -0.39 is 218 Å². The van der Waals surface area contributed by atoms with E-state index in [1.165, 1.54) is 80.9 Å². The van der Waals surface area contributed by atoms with Crippen LogP contribution in [0.15, 0.2) is 12.2 Å². The molecule has 15 atom stereocenters. The number of halogens is 6. The first-order valence-corrected chi connectivity index (χ1v) is 38.2. The fourth-order valence-corrected chi connectivity index (χ4v) is 16.5. The summed E-state index contributed by atoms with van der Waals surface area (Å²) in [5, 5.41) is 8.49. The number of ether oxygens (including phenoxy) is 1. The van der Waals surface area contributed by atoms with Gasteiger partial charge in [-0.05, 0) is 132 Å². The number of carbonyl (C=O) groups is 12. The molecule has 3 aliphatic heterocycles. The summed E-state index contributed by atoms with van der Waals surface area (Å²) in [6.45, 7) is 12.7. The zero-order valence-corrected chi connectivity index (χ0v) is 65.2. The van der Waals surface area contributed by atoms with Crippen molar-refractivity contribution in [1.82, 2.24) is 60.0 Å². The van der Waals surface area contributed by atoms with Gasteiger partial charge in [-0.25, -0.2) is 13.2 Å². The minimum atomic E-state index is -5.19. The van der Waals surface area contributed by atoms with Crippen molar-refractivity contribution in [3.8, 4) is 0 Å². The highest BCUT2D eigenvalue weighted by Crippen LogP contribution is 2.45. The second-order valence-corrected chi connectivity index (χ2v) is 31.6. The van der Waals surface area contributed by atoms with Crippen LogP contribution in [-0.4, -0.2) is 289 Å². The number of nitrogens with zero attached hydrogens (tertiary/aromatic N) is 9. The number of rotatable bonds is 15. The predicted octanol–water partition coefficient (Wildman–Crippen LogP) is 6.00. The third-order valence-corrected chi connectivity index (χ3v) is 23.5. The Kier molecular flexibility index (Phi) is 31.8. The second-order valence-electron chi connectivity index (χ2n) is 31.6. The summed E-state index contributed by atoms with van der Waals surface area (Å²) in [7, 11) is 11.1. The molecule has 12 amide bonds. The van der Waals surface area contributed by atoms with Crippen molar-refractivity contribution >= 4 is 70.9 Å². The largest absolute Gasteiger partial charge is 0.397 e. The maximum Gasteiger partial charge on any atom is 0.397 e. The van der Waals surface area contributed by atoms with Crippen molar-refractivity contribution in [2.75, 3.05) is 89.2 Å². The van der Waals surface area contributed by atoms with Gasteiger partial charge in [0, 0.05) is 82.5 Å². The quantitative estimate of drug-likeness (QED) is 0.125. The summed E-state index contributed by atoms with van der Waals surface area (Å²) < 4.78 is 93.9. The minimum Gasteiger partial charge on any atom is -0.377 e. The van der Waals surface area contributed by atoms with E-state index in [-0.39, 0.29) is 102 Å². The lowest BCUT2D eigenvalue weighted by Gasteiger charge is -2.47. The smallest absolute Gasteiger partial charge is 0.377 e. The van der Waals surface area contributed by atoms with Gasteiger partial charge in [-0.3, -0.25) is 57.5 Å². The molecule has 31 heteroatoms. The van der Waals surface area contributed by atoms with Crippen molar-refractivity contribution in [2.24, 2.45) is 41.4 Å². The molecule has 3 aliphatic carbocycles. The van der Waals surface area contributed by atoms with Crippen molar-refractivity contribution in [3.63, 3.8) is 0 Å². The Balaban J connectivity index is 1.49. The number of likely N-dealkylation sites (N-methyl/N-ethyl adjacent to an activating group) is 7. The van der Waals surface area contributed by atoms with Crippen LogP contribution in [0.3, 0.4) is 0 Å². The number of carbonyl (C=O) groups excluding carboxylic acids is 12. The molecule has 3 heterocycles. The lowest BCUT2D eigenvalue weighted by Crippen LogP contribution is -2.68. The molecule has 2 saturated heterocycles. The number of hydrogen-bond acceptors (Lipinski definition) is 13. The Morgan fingerprint density at radius 1 is 0.679 bits per heavy atom. The summed E-state index contributed by atoms with van der Waals surface area (Å²) in [6.07, 6.45) is -9.33. The van der Waals surface area contributed by atoms with Gasteiger partial charge in [0.15, 0.2) is 0 Å². The van der Waals surface area contributed by atoms with Crippen molar-refractivity contribution < 1.29 is 88.6 Å². The predicted molar refractivity (Wildman–Crippen MR) is 383 cm³/mol. The fourth-order valence-electron chi connectivity index (χ4n) is 16.5. The average Bonchev–Trinajstić information content (AvgIpc) is 1.12. The molecule has 3 N–H and O–H groups in total. The van der Waals surface area contributed by atoms with Gasteiger partial charge in [-0.15, -0.1) is 0 Å².